The number of aromatic nitrogens is 2. The molecule has 3 heterocycles. The number of fused-ring (bicyclic) bond motifs is 2. The molecule has 39 heavy (non-hydrogen) atoms. The molecule has 0 aliphatic carbocycles. The maximum Gasteiger partial charge on any atom is 0.247 e. The van der Waals surface area contributed by atoms with Gasteiger partial charge in [-0.3, -0.25) is 13.9 Å². The molecule has 1 fully saturated rings. The normalized spacial score (nSPS) is 17.2. The molecule has 1 N–H and O–H groups in total. The van der Waals surface area contributed by atoms with Crippen LogP contribution in [-0.2, 0) is 42.9 Å². The zero-order valence-corrected chi connectivity index (χ0v) is 22.7. The minimum atomic E-state index is -3.42. The molecule has 1 aromatic heterocycles. The number of benzene rings is 2. The number of anilines is 1. The van der Waals surface area contributed by atoms with Crippen molar-refractivity contribution >= 4 is 27.5 Å². The van der Waals surface area contributed by atoms with Gasteiger partial charge in [0.1, 0.15) is 12.6 Å². The van der Waals surface area contributed by atoms with E-state index in [0.29, 0.717) is 39.1 Å². The number of para-hydroxylation sites is 1. The van der Waals surface area contributed by atoms with Crippen LogP contribution in [-0.4, -0.2) is 73.2 Å². The molecule has 206 valence electrons. The fourth-order valence-corrected chi connectivity index (χ4v) is 6.51. The molecule has 2 aromatic carbocycles. The monoisotopic (exact) mass is 551 g/mol. The topological polar surface area (TPSA) is 114 Å². The number of likely N-dealkylation sites (tertiary alicyclic amines) is 1. The Bertz CT molecular complexity index is 1400. The van der Waals surface area contributed by atoms with Crippen molar-refractivity contribution in [1.82, 2.24) is 19.8 Å². The number of nitrogens with zero attached hydrogens (tertiary/aromatic N) is 4. The first-order valence-corrected chi connectivity index (χ1v) is 14.8. The van der Waals surface area contributed by atoms with Gasteiger partial charge in [-0.15, -0.1) is 0 Å². The Morgan fingerprint density at radius 2 is 1.79 bits per heavy atom. The molecule has 0 saturated carbocycles. The van der Waals surface area contributed by atoms with Gasteiger partial charge in [0.15, 0.2) is 0 Å². The highest BCUT2D eigenvalue weighted by Gasteiger charge is 2.47. The van der Waals surface area contributed by atoms with Gasteiger partial charge in [-0.25, -0.2) is 13.4 Å². The zero-order valence-electron chi connectivity index (χ0n) is 21.9. The minimum absolute atomic E-state index is 0.0374. The molecule has 2 aliphatic heterocycles. The van der Waals surface area contributed by atoms with Crippen molar-refractivity contribution in [2.45, 2.75) is 37.5 Å². The lowest BCUT2D eigenvalue weighted by atomic mass is 9.74. The number of rotatable bonds is 9. The Labute approximate surface area is 228 Å². The van der Waals surface area contributed by atoms with Crippen LogP contribution in [0.4, 0.5) is 5.69 Å². The largest absolute Gasteiger partial charge is 0.374 e. The molecule has 3 aromatic rings. The number of hydrogen-bond donors (Lipinski definition) is 1. The summed E-state index contributed by atoms with van der Waals surface area (Å²) in [5, 5.41) is 2.85. The van der Waals surface area contributed by atoms with Crippen molar-refractivity contribution in [2.75, 3.05) is 36.8 Å². The van der Waals surface area contributed by atoms with Crippen molar-refractivity contribution in [3.63, 3.8) is 0 Å². The van der Waals surface area contributed by atoms with Crippen molar-refractivity contribution in [1.29, 1.82) is 0 Å². The van der Waals surface area contributed by atoms with Gasteiger partial charge in [0.05, 0.1) is 31.5 Å². The van der Waals surface area contributed by atoms with E-state index in [0.717, 1.165) is 16.8 Å². The molecule has 0 radical (unpaired) electrons. The van der Waals surface area contributed by atoms with Crippen LogP contribution in [0.5, 0.6) is 0 Å². The van der Waals surface area contributed by atoms with Crippen LogP contribution in [0.25, 0.3) is 0 Å². The minimum Gasteiger partial charge on any atom is -0.374 e. The number of nitrogens with one attached hydrogen (secondary N) is 1. The Morgan fingerprint density at radius 3 is 2.49 bits per heavy atom. The van der Waals surface area contributed by atoms with Crippen molar-refractivity contribution in [2.24, 2.45) is 0 Å². The predicted molar refractivity (Wildman–Crippen MR) is 146 cm³/mol. The van der Waals surface area contributed by atoms with Crippen LogP contribution in [0.1, 0.15) is 24.0 Å². The maximum absolute atomic E-state index is 13.7. The first kappa shape index (κ1) is 26.9. The van der Waals surface area contributed by atoms with Crippen LogP contribution in [0.2, 0.25) is 0 Å². The molecular weight excluding hydrogens is 518 g/mol. The average molecular weight is 552 g/mol. The summed E-state index contributed by atoms with van der Waals surface area (Å²) in [6, 6.07) is 16.4. The highest BCUT2D eigenvalue weighted by Crippen LogP contribution is 2.47. The first-order valence-electron chi connectivity index (χ1n) is 13.0. The molecule has 0 bridgehead atoms. The van der Waals surface area contributed by atoms with Crippen LogP contribution in [0.15, 0.2) is 73.3 Å². The molecular formula is C28H33N5O5S. The fourth-order valence-electron chi connectivity index (χ4n) is 5.51. The molecule has 10 nitrogen and oxygen atoms in total. The molecule has 0 unspecified atom stereocenters. The molecule has 2 aliphatic rings. The average Bonchev–Trinajstić information content (AvgIpc) is 3.55. The molecule has 1 atom stereocenters. The number of carbonyl (C=O) groups is 2. The van der Waals surface area contributed by atoms with Crippen LogP contribution >= 0.6 is 0 Å². The Kier molecular flexibility index (Phi) is 7.72. The van der Waals surface area contributed by atoms with E-state index in [4.69, 9.17) is 4.74 Å². The summed E-state index contributed by atoms with van der Waals surface area (Å²) in [7, 11) is -3.42. The quantitative estimate of drug-likeness (QED) is 0.435. The summed E-state index contributed by atoms with van der Waals surface area (Å²) in [5.41, 5.74) is 2.36. The lowest BCUT2D eigenvalue weighted by Gasteiger charge is -2.40. The first-order chi connectivity index (χ1) is 18.7. The predicted octanol–water partition coefficient (Wildman–Crippen LogP) is 1.92. The van der Waals surface area contributed by atoms with Crippen molar-refractivity contribution in [3.05, 3.63) is 84.4 Å². The number of sulfonamides is 1. The third kappa shape index (κ3) is 5.99. The van der Waals surface area contributed by atoms with E-state index in [1.807, 2.05) is 54.6 Å². The summed E-state index contributed by atoms with van der Waals surface area (Å²) in [5.74, 6) is -0.514. The van der Waals surface area contributed by atoms with E-state index in [-0.39, 0.29) is 30.4 Å². The number of hydrogen-bond acceptors (Lipinski definition) is 6. The lowest BCUT2D eigenvalue weighted by molar-refractivity contribution is -0.139. The van der Waals surface area contributed by atoms with Gasteiger partial charge in [-0.05, 0) is 30.0 Å². The number of amides is 2. The third-order valence-corrected chi connectivity index (χ3v) is 8.66. The van der Waals surface area contributed by atoms with Crippen molar-refractivity contribution < 1.29 is 22.7 Å². The van der Waals surface area contributed by atoms with E-state index >= 15 is 0 Å². The molecule has 5 rings (SSSR count). The molecule has 11 heteroatoms. The molecule has 2 amide bonds. The van der Waals surface area contributed by atoms with Gasteiger partial charge >= 0.3 is 0 Å². The molecule has 1 saturated heterocycles. The van der Waals surface area contributed by atoms with E-state index in [1.165, 1.54) is 10.6 Å². The lowest BCUT2D eigenvalue weighted by Crippen LogP contribution is -2.55. The summed E-state index contributed by atoms with van der Waals surface area (Å²) in [4.78, 5) is 32.1. The highest BCUT2D eigenvalue weighted by atomic mass is 32.2. The summed E-state index contributed by atoms with van der Waals surface area (Å²) < 4.78 is 34.0. The van der Waals surface area contributed by atoms with Gasteiger partial charge < -0.3 is 19.5 Å². The fraction of sp³-hybridized carbons (Fsp3) is 0.393. The van der Waals surface area contributed by atoms with Gasteiger partial charge in [0.2, 0.25) is 21.8 Å². The van der Waals surface area contributed by atoms with E-state index in [9.17, 15) is 18.0 Å². The standard InChI is InChI=1S/C28H33N5O5S/c1-39(36,37)33-20-28(23-9-5-6-10-25(23)33)11-14-32(15-12-28)27(35)24(19-38-18-22-7-3-2-4-8-22)30-26(34)17-31-16-13-29-21-31/h2-10,13,16,21,24H,11-12,14-15,17-20H2,1H3,(H,30,34)/t24-/m1/s1. The summed E-state index contributed by atoms with van der Waals surface area (Å²) >= 11 is 0. The smallest absolute Gasteiger partial charge is 0.247 e. The van der Waals surface area contributed by atoms with E-state index < -0.39 is 16.1 Å². The van der Waals surface area contributed by atoms with Crippen LogP contribution in [0, 0.1) is 0 Å². The third-order valence-electron chi connectivity index (χ3n) is 7.54. The van der Waals surface area contributed by atoms with Gasteiger partial charge in [0.25, 0.3) is 0 Å². The SMILES string of the molecule is CS(=O)(=O)N1CC2(CCN(C(=O)[C@@H](COCc3ccccc3)NC(=O)Cn3ccnc3)CC2)c2ccccc21. The van der Waals surface area contributed by atoms with Crippen LogP contribution in [0.3, 0.4) is 0 Å². The second-order valence-electron chi connectivity index (χ2n) is 10.2. The second kappa shape index (κ2) is 11.2. The molecule has 1 spiro atoms. The van der Waals surface area contributed by atoms with Crippen molar-refractivity contribution in [3.8, 4) is 0 Å². The number of imidazole rings is 1. The van der Waals surface area contributed by atoms with Crippen LogP contribution < -0.4 is 9.62 Å². The van der Waals surface area contributed by atoms with Gasteiger partial charge in [0, 0.05) is 37.4 Å². The van der Waals surface area contributed by atoms with Gasteiger partial charge in [-0.1, -0.05) is 48.5 Å². The zero-order chi connectivity index (χ0) is 27.5. The number of piperidine rings is 1. The van der Waals surface area contributed by atoms with E-state index in [1.54, 1.807) is 28.2 Å². The number of carbonyl (C=O) groups excluding carboxylic acids is 2. The van der Waals surface area contributed by atoms with E-state index in [2.05, 4.69) is 10.3 Å². The Morgan fingerprint density at radius 1 is 1.08 bits per heavy atom. The maximum atomic E-state index is 13.7. The second-order valence-corrected chi connectivity index (χ2v) is 12.2. The summed E-state index contributed by atoms with van der Waals surface area (Å²) in [6.07, 6.45) is 7.31. The summed E-state index contributed by atoms with van der Waals surface area (Å²) in [6.45, 7) is 1.69. The van der Waals surface area contributed by atoms with Gasteiger partial charge in [-0.2, -0.15) is 0 Å². The Balaban J connectivity index is 1.27. The number of ether oxygens (including phenoxy) is 1. The highest BCUT2D eigenvalue weighted by molar-refractivity contribution is 7.92. The Hall–Kier alpha value is -3.70.